The maximum absolute atomic E-state index is 7.19. The van der Waals surface area contributed by atoms with E-state index < -0.39 is 0 Å². The van der Waals surface area contributed by atoms with E-state index in [-0.39, 0.29) is 5.84 Å². The molecule has 4 heteroatoms. The highest BCUT2D eigenvalue weighted by Gasteiger charge is 2.13. The van der Waals surface area contributed by atoms with Crippen LogP contribution in [0.3, 0.4) is 0 Å². The van der Waals surface area contributed by atoms with Gasteiger partial charge in [-0.1, -0.05) is 0 Å². The minimum absolute atomic E-state index is 0.00403. The number of aryl methyl sites for hydroxylation is 1. The third-order valence-electron chi connectivity index (χ3n) is 1.53. The van der Waals surface area contributed by atoms with Gasteiger partial charge < -0.3 is 10.2 Å². The summed E-state index contributed by atoms with van der Waals surface area (Å²) in [6, 6.07) is 0. The van der Waals surface area contributed by atoms with E-state index in [9.17, 15) is 0 Å². The first-order chi connectivity index (χ1) is 5.04. The molecule has 0 aliphatic rings. The molecule has 0 aliphatic heterocycles. The SMILES string of the molecule is Cc1oc(Cl)c(C)c1C(=N)N. The summed E-state index contributed by atoms with van der Waals surface area (Å²) in [5.74, 6) is 0.593. The van der Waals surface area contributed by atoms with Crippen LogP contribution >= 0.6 is 11.6 Å². The number of furan rings is 1. The minimum Gasteiger partial charge on any atom is -0.449 e. The Kier molecular flexibility index (Phi) is 1.91. The van der Waals surface area contributed by atoms with Crippen LogP contribution in [0, 0.1) is 19.3 Å². The molecule has 3 N–H and O–H groups in total. The molecule has 1 aromatic rings. The summed E-state index contributed by atoms with van der Waals surface area (Å²) >= 11 is 5.66. The summed E-state index contributed by atoms with van der Waals surface area (Å²) < 4.78 is 5.05. The first kappa shape index (κ1) is 8.14. The van der Waals surface area contributed by atoms with E-state index in [1.807, 2.05) is 0 Å². The van der Waals surface area contributed by atoms with Crippen molar-refractivity contribution in [1.29, 1.82) is 5.41 Å². The van der Waals surface area contributed by atoms with Gasteiger partial charge in [-0.25, -0.2) is 0 Å². The molecular formula is C7H9ClN2O. The molecule has 0 aliphatic carbocycles. The van der Waals surface area contributed by atoms with Gasteiger partial charge in [0.2, 0.25) is 0 Å². The van der Waals surface area contributed by atoms with E-state index in [2.05, 4.69) is 0 Å². The lowest BCUT2D eigenvalue weighted by Gasteiger charge is -1.94. The zero-order chi connectivity index (χ0) is 8.59. The van der Waals surface area contributed by atoms with Crippen LogP contribution in [0.4, 0.5) is 0 Å². The van der Waals surface area contributed by atoms with Crippen LogP contribution in [0.15, 0.2) is 4.42 Å². The summed E-state index contributed by atoms with van der Waals surface area (Å²) in [6.45, 7) is 3.51. The molecule has 0 bridgehead atoms. The first-order valence-electron chi connectivity index (χ1n) is 3.14. The third kappa shape index (κ3) is 1.24. The van der Waals surface area contributed by atoms with E-state index in [0.717, 1.165) is 5.56 Å². The number of halogens is 1. The Hall–Kier alpha value is -0.960. The van der Waals surface area contributed by atoms with Crippen LogP contribution in [0.5, 0.6) is 0 Å². The van der Waals surface area contributed by atoms with Crippen molar-refractivity contribution < 1.29 is 4.42 Å². The lowest BCUT2D eigenvalue weighted by atomic mass is 10.1. The van der Waals surface area contributed by atoms with Gasteiger partial charge in [-0.15, -0.1) is 0 Å². The molecule has 0 spiro atoms. The van der Waals surface area contributed by atoms with E-state index >= 15 is 0 Å². The smallest absolute Gasteiger partial charge is 0.197 e. The Balaban J connectivity index is 3.34. The number of hydrogen-bond acceptors (Lipinski definition) is 2. The normalized spacial score (nSPS) is 10.1. The molecule has 3 nitrogen and oxygen atoms in total. The lowest BCUT2D eigenvalue weighted by Crippen LogP contribution is -2.12. The van der Waals surface area contributed by atoms with E-state index in [1.165, 1.54) is 0 Å². The van der Waals surface area contributed by atoms with Crippen LogP contribution in [-0.2, 0) is 0 Å². The fraction of sp³-hybridized carbons (Fsp3) is 0.286. The summed E-state index contributed by atoms with van der Waals surface area (Å²) in [6.07, 6.45) is 0. The Bertz CT molecular complexity index is 304. The average Bonchev–Trinajstić information content (AvgIpc) is 2.07. The Labute approximate surface area is 69.6 Å². The van der Waals surface area contributed by atoms with Crippen LogP contribution in [0.25, 0.3) is 0 Å². The quantitative estimate of drug-likeness (QED) is 0.502. The second-order valence-corrected chi connectivity index (χ2v) is 2.69. The predicted molar refractivity (Wildman–Crippen MR) is 44.2 cm³/mol. The zero-order valence-electron chi connectivity index (χ0n) is 6.36. The molecule has 1 aromatic heterocycles. The standard InChI is InChI=1S/C7H9ClN2O/c1-3-5(7(9)10)4(2)11-6(3)8/h1-2H3,(H3,9,10). The highest BCUT2D eigenvalue weighted by molar-refractivity contribution is 6.30. The van der Waals surface area contributed by atoms with E-state index in [4.69, 9.17) is 27.2 Å². The topological polar surface area (TPSA) is 63.0 Å². The second kappa shape index (κ2) is 2.58. The molecule has 0 unspecified atom stereocenters. The van der Waals surface area contributed by atoms with Crippen molar-refractivity contribution in [3.05, 3.63) is 22.1 Å². The van der Waals surface area contributed by atoms with Gasteiger partial charge in [-0.3, -0.25) is 5.41 Å². The van der Waals surface area contributed by atoms with Gasteiger partial charge in [-0.05, 0) is 25.4 Å². The predicted octanol–water partition coefficient (Wildman–Crippen LogP) is 1.83. The number of hydrogen-bond donors (Lipinski definition) is 2. The molecule has 0 amide bonds. The molecule has 60 valence electrons. The molecular weight excluding hydrogens is 164 g/mol. The maximum atomic E-state index is 7.19. The largest absolute Gasteiger partial charge is 0.449 e. The van der Waals surface area contributed by atoms with Crippen LogP contribution in [0.2, 0.25) is 5.22 Å². The van der Waals surface area contributed by atoms with Crippen molar-refractivity contribution in [1.82, 2.24) is 0 Å². The molecule has 0 atom stereocenters. The molecule has 0 fully saturated rings. The number of rotatable bonds is 1. The number of amidine groups is 1. The van der Waals surface area contributed by atoms with E-state index in [1.54, 1.807) is 13.8 Å². The van der Waals surface area contributed by atoms with Gasteiger partial charge in [0.15, 0.2) is 5.22 Å². The fourth-order valence-electron chi connectivity index (χ4n) is 1.02. The minimum atomic E-state index is -0.00403. The van der Waals surface area contributed by atoms with Crippen molar-refractivity contribution in [3.63, 3.8) is 0 Å². The third-order valence-corrected chi connectivity index (χ3v) is 1.89. The lowest BCUT2D eigenvalue weighted by molar-refractivity contribution is 0.534. The van der Waals surface area contributed by atoms with Crippen molar-refractivity contribution in [3.8, 4) is 0 Å². The molecule has 1 rings (SSSR count). The van der Waals surface area contributed by atoms with Crippen LogP contribution in [0.1, 0.15) is 16.9 Å². The highest BCUT2D eigenvalue weighted by atomic mass is 35.5. The van der Waals surface area contributed by atoms with Crippen molar-refractivity contribution >= 4 is 17.4 Å². The highest BCUT2D eigenvalue weighted by Crippen LogP contribution is 2.24. The summed E-state index contributed by atoms with van der Waals surface area (Å²) in [7, 11) is 0. The van der Waals surface area contributed by atoms with Gasteiger partial charge in [0.05, 0.1) is 5.56 Å². The number of nitrogen functional groups attached to an aromatic ring is 1. The summed E-state index contributed by atoms with van der Waals surface area (Å²) in [5.41, 5.74) is 6.63. The monoisotopic (exact) mass is 172 g/mol. The van der Waals surface area contributed by atoms with Gasteiger partial charge in [-0.2, -0.15) is 0 Å². The fourth-order valence-corrected chi connectivity index (χ4v) is 1.23. The van der Waals surface area contributed by atoms with Crippen molar-refractivity contribution in [2.75, 3.05) is 0 Å². The number of nitrogens with one attached hydrogen (secondary N) is 1. The molecule has 0 aromatic carbocycles. The molecule has 1 heterocycles. The number of nitrogens with two attached hydrogens (primary N) is 1. The van der Waals surface area contributed by atoms with Crippen LogP contribution in [-0.4, -0.2) is 5.84 Å². The summed E-state index contributed by atoms with van der Waals surface area (Å²) in [5, 5.41) is 7.50. The average molecular weight is 173 g/mol. The van der Waals surface area contributed by atoms with E-state index in [0.29, 0.717) is 16.5 Å². The Morgan fingerprint density at radius 1 is 1.55 bits per heavy atom. The first-order valence-corrected chi connectivity index (χ1v) is 3.51. The van der Waals surface area contributed by atoms with Crippen LogP contribution < -0.4 is 5.73 Å². The van der Waals surface area contributed by atoms with Crippen molar-refractivity contribution in [2.45, 2.75) is 13.8 Å². The molecule has 0 saturated heterocycles. The zero-order valence-corrected chi connectivity index (χ0v) is 7.12. The van der Waals surface area contributed by atoms with Gasteiger partial charge in [0, 0.05) is 5.56 Å². The molecule has 0 saturated carbocycles. The van der Waals surface area contributed by atoms with Crippen molar-refractivity contribution in [2.24, 2.45) is 5.73 Å². The Morgan fingerprint density at radius 3 is 2.27 bits per heavy atom. The van der Waals surface area contributed by atoms with Gasteiger partial charge in [0.25, 0.3) is 0 Å². The molecule has 11 heavy (non-hydrogen) atoms. The molecule has 0 radical (unpaired) electrons. The van der Waals surface area contributed by atoms with Gasteiger partial charge in [0.1, 0.15) is 11.6 Å². The van der Waals surface area contributed by atoms with Gasteiger partial charge >= 0.3 is 0 Å². The summed E-state index contributed by atoms with van der Waals surface area (Å²) in [4.78, 5) is 0. The Morgan fingerprint density at radius 2 is 2.09 bits per heavy atom. The maximum Gasteiger partial charge on any atom is 0.197 e. The second-order valence-electron chi connectivity index (χ2n) is 2.35.